The summed E-state index contributed by atoms with van der Waals surface area (Å²) in [6.07, 6.45) is -1.16. The number of aliphatic hydroxyl groups excluding tert-OH is 2. The summed E-state index contributed by atoms with van der Waals surface area (Å²) in [6.45, 7) is -3.11. The summed E-state index contributed by atoms with van der Waals surface area (Å²) in [5.41, 5.74) is 7.04. The lowest BCUT2D eigenvalue weighted by molar-refractivity contribution is -0.0425. The van der Waals surface area contributed by atoms with Gasteiger partial charge in [0.25, 0.3) is 5.56 Å². The summed E-state index contributed by atoms with van der Waals surface area (Å²) < 4.78 is 32.8. The van der Waals surface area contributed by atoms with Crippen LogP contribution in [0.3, 0.4) is 0 Å². The highest BCUT2D eigenvalue weighted by Crippen LogP contribution is 2.34. The van der Waals surface area contributed by atoms with Gasteiger partial charge in [0.15, 0.2) is 16.8 Å². The first kappa shape index (κ1) is 18.9. The van der Waals surface area contributed by atoms with Crippen molar-refractivity contribution in [3.05, 3.63) is 52.9 Å². The molecule has 5 aromatic rings. The van der Waals surface area contributed by atoms with Crippen LogP contribution in [0, 0.1) is 0 Å². The zero-order valence-electron chi connectivity index (χ0n) is 21.7. The lowest BCUT2D eigenvalue weighted by Gasteiger charge is -2.17. The van der Waals surface area contributed by atoms with Crippen LogP contribution in [0.15, 0.2) is 47.4 Å². The third-order valence-electron chi connectivity index (χ3n) is 6.08. The van der Waals surface area contributed by atoms with E-state index >= 15 is 0 Å². The van der Waals surface area contributed by atoms with E-state index in [9.17, 15) is 15.0 Å². The van der Waals surface area contributed by atoms with Gasteiger partial charge in [0.2, 0.25) is 17.8 Å². The molecule has 13 nitrogen and oxygen atoms in total. The first-order chi connectivity index (χ1) is 18.6. The summed E-state index contributed by atoms with van der Waals surface area (Å²) in [5.74, 6) is -0.334. The van der Waals surface area contributed by atoms with Gasteiger partial charge >= 0.3 is 0 Å². The Kier molecular flexibility index (Phi) is 4.42. The summed E-state index contributed by atoms with van der Waals surface area (Å²) in [6, 6.07) is 11.0. The summed E-state index contributed by atoms with van der Waals surface area (Å²) >= 11 is 0. The van der Waals surface area contributed by atoms with Crippen LogP contribution >= 0.6 is 0 Å². The smallest absolute Gasteiger partial charge is 0.280 e. The Bertz CT molecular complexity index is 1750. The van der Waals surface area contributed by atoms with Gasteiger partial charge in [0.1, 0.15) is 12.3 Å². The van der Waals surface area contributed by atoms with E-state index in [4.69, 9.17) is 14.6 Å². The second kappa shape index (κ2) is 8.41. The third-order valence-corrected chi connectivity index (χ3v) is 6.08. The van der Waals surface area contributed by atoms with Crippen molar-refractivity contribution in [3.63, 3.8) is 0 Å². The molecule has 0 unspecified atom stereocenters. The van der Waals surface area contributed by atoms with Crippen LogP contribution in [-0.2, 0) is 11.7 Å². The van der Waals surface area contributed by atoms with E-state index in [1.807, 2.05) is 30.3 Å². The quantitative estimate of drug-likeness (QED) is 0.238. The van der Waals surface area contributed by atoms with Gasteiger partial charge in [0, 0.05) is 29.3 Å². The fraction of sp³-hybridized carbons (Fsp3) is 0.261. The van der Waals surface area contributed by atoms with Gasteiger partial charge in [-0.15, -0.1) is 0 Å². The molecular formula is C23H23N9O4. The summed E-state index contributed by atoms with van der Waals surface area (Å²) in [4.78, 5) is 32.3. The highest BCUT2D eigenvalue weighted by Gasteiger charge is 2.37. The van der Waals surface area contributed by atoms with Crippen LogP contribution in [-0.4, -0.2) is 63.1 Å². The second-order valence-electron chi connectivity index (χ2n) is 8.37. The molecule has 0 amide bonds. The Balaban J connectivity index is 1.52. The largest absolute Gasteiger partial charge is 0.394 e. The molecule has 6 rings (SSSR count). The molecule has 4 aromatic heterocycles. The number of nitrogens with zero attached hydrogens (tertiary/aromatic N) is 6. The van der Waals surface area contributed by atoms with Crippen molar-refractivity contribution >= 4 is 40.2 Å². The fourth-order valence-corrected chi connectivity index (χ4v) is 4.33. The number of pyridine rings is 1. The fourth-order valence-electron chi connectivity index (χ4n) is 4.33. The van der Waals surface area contributed by atoms with Gasteiger partial charge in [-0.3, -0.25) is 19.7 Å². The molecule has 0 bridgehead atoms. The number of aromatic nitrogens is 7. The normalized spacial score (nSPS) is 21.5. The van der Waals surface area contributed by atoms with Crippen molar-refractivity contribution in [1.82, 2.24) is 34.1 Å². The molecular weight excluding hydrogens is 466 g/mol. The molecule has 1 aliphatic rings. The monoisotopic (exact) mass is 492 g/mol. The minimum absolute atomic E-state index is 0.0338. The number of nitrogens with one attached hydrogen (secondary N) is 2. The number of nitrogen functional groups attached to an aromatic ring is 1. The molecule has 1 aromatic carbocycles. The molecule has 1 fully saturated rings. The number of hydrogen-bond acceptors (Lipinski definition) is 10. The number of H-pyrrole nitrogens is 1. The lowest BCUT2D eigenvalue weighted by Crippen LogP contribution is -2.24. The van der Waals surface area contributed by atoms with Crippen molar-refractivity contribution in [2.45, 2.75) is 24.9 Å². The topological polar surface area (TPSA) is 182 Å². The maximum Gasteiger partial charge on any atom is 0.280 e. The molecule has 0 saturated carbocycles. The molecule has 0 aliphatic carbocycles. The number of ether oxygens (including phenoxy) is 1. The van der Waals surface area contributed by atoms with E-state index in [1.165, 1.54) is 4.57 Å². The number of aliphatic hydroxyl groups is 2. The molecule has 1 aliphatic heterocycles. The molecule has 5 heterocycles. The number of nitrogens with two attached hydrogens (primary N) is 1. The van der Waals surface area contributed by atoms with Gasteiger partial charge in [-0.05, 0) is 11.6 Å². The van der Waals surface area contributed by atoms with E-state index in [2.05, 4.69) is 30.2 Å². The van der Waals surface area contributed by atoms with Crippen LogP contribution in [0.25, 0.3) is 33.5 Å². The predicted octanol–water partition coefficient (Wildman–Crippen LogP) is 1.03. The number of anilines is 3. The number of rotatable bonds is 5. The molecule has 0 spiro atoms. The zero-order chi connectivity index (χ0) is 27.5. The van der Waals surface area contributed by atoms with Gasteiger partial charge in [-0.25, -0.2) is 9.97 Å². The van der Waals surface area contributed by atoms with E-state index in [1.54, 1.807) is 12.3 Å². The van der Waals surface area contributed by atoms with Crippen molar-refractivity contribution in [3.8, 4) is 11.1 Å². The predicted molar refractivity (Wildman–Crippen MR) is 131 cm³/mol. The van der Waals surface area contributed by atoms with Crippen LogP contribution < -0.4 is 16.6 Å². The highest BCUT2D eigenvalue weighted by atomic mass is 16.5. The maximum absolute atomic E-state index is 12.6. The Morgan fingerprint density at radius 1 is 1.25 bits per heavy atom. The van der Waals surface area contributed by atoms with Crippen LogP contribution in [0.1, 0.15) is 16.8 Å². The first-order valence-corrected chi connectivity index (χ1v) is 11.1. The maximum atomic E-state index is 12.6. The van der Waals surface area contributed by atoms with Crippen molar-refractivity contribution in [1.29, 1.82) is 0 Å². The molecule has 6 N–H and O–H groups in total. The van der Waals surface area contributed by atoms with Gasteiger partial charge in [-0.1, -0.05) is 30.3 Å². The standard InChI is InChI=1S/C23H23N9O4/c1-31-13-7-12(11-5-3-2-4-6-11)9-25-18(13)27-22(31)30-23-26-17-19(28-21(24)29-20(17)35)32(23)16-8-14(34)15(10-33)36-16/h2-7,9,14-16,33-34H,8,10H2,1H3,(H3,24,28,29,35)(H,25,26,27,30)/t14-,15+,16+/m0/s1/i1D3. The number of fused-ring (bicyclic) bond motifs is 2. The zero-order valence-corrected chi connectivity index (χ0v) is 18.7. The van der Waals surface area contributed by atoms with Crippen molar-refractivity contribution in [2.75, 3.05) is 17.7 Å². The van der Waals surface area contributed by atoms with E-state index in [0.717, 1.165) is 10.1 Å². The Morgan fingerprint density at radius 2 is 2.08 bits per heavy atom. The number of aromatic amines is 1. The van der Waals surface area contributed by atoms with E-state index < -0.39 is 37.6 Å². The Labute approximate surface area is 207 Å². The molecule has 1 saturated heterocycles. The Morgan fingerprint density at radius 3 is 2.83 bits per heavy atom. The minimum atomic E-state index is -2.67. The van der Waals surface area contributed by atoms with Crippen LogP contribution in [0.4, 0.5) is 17.8 Å². The Hall–Kier alpha value is -4.33. The number of benzene rings is 1. The molecule has 36 heavy (non-hydrogen) atoms. The summed E-state index contributed by atoms with van der Waals surface area (Å²) in [7, 11) is 0. The van der Waals surface area contributed by atoms with Gasteiger partial charge in [-0.2, -0.15) is 9.97 Å². The highest BCUT2D eigenvalue weighted by molar-refractivity contribution is 5.82. The molecule has 184 valence electrons. The minimum Gasteiger partial charge on any atom is -0.394 e. The second-order valence-corrected chi connectivity index (χ2v) is 8.37. The van der Waals surface area contributed by atoms with Crippen molar-refractivity contribution in [2.24, 2.45) is 6.98 Å². The first-order valence-electron chi connectivity index (χ1n) is 12.6. The average molecular weight is 493 g/mol. The number of hydrogen-bond donors (Lipinski definition) is 5. The third kappa shape index (κ3) is 3.57. The van der Waals surface area contributed by atoms with Crippen molar-refractivity contribution < 1.29 is 19.1 Å². The lowest BCUT2D eigenvalue weighted by atomic mass is 10.1. The van der Waals surface area contributed by atoms with Gasteiger partial charge < -0.3 is 25.3 Å². The van der Waals surface area contributed by atoms with E-state index in [-0.39, 0.29) is 46.6 Å². The van der Waals surface area contributed by atoms with Gasteiger partial charge in [0.05, 0.1) is 18.2 Å². The van der Waals surface area contributed by atoms with E-state index in [0.29, 0.717) is 5.56 Å². The number of imidazole rings is 2. The summed E-state index contributed by atoms with van der Waals surface area (Å²) in [5, 5.41) is 22.8. The molecule has 0 radical (unpaired) electrons. The SMILES string of the molecule is [2H]C([2H])([2H])n1c(Nc2nc3c(=O)[nH]c(N)nc3n2[C@H]2C[C@H](O)[C@@H](CO)O2)nc2ncc(-c3ccccc3)cc21. The molecule has 3 atom stereocenters. The van der Waals surface area contributed by atoms with Crippen LogP contribution in [0.2, 0.25) is 0 Å². The molecule has 13 heteroatoms. The number of aryl methyl sites for hydroxylation is 1. The van der Waals surface area contributed by atoms with Crippen LogP contribution in [0.5, 0.6) is 0 Å². The average Bonchev–Trinajstić information content (AvgIpc) is 3.56.